The van der Waals surface area contributed by atoms with Crippen LogP contribution in [0, 0.1) is 5.92 Å². The van der Waals surface area contributed by atoms with Crippen molar-refractivity contribution in [1.29, 1.82) is 0 Å². The predicted molar refractivity (Wildman–Crippen MR) is 85.8 cm³/mol. The molecule has 2 rings (SSSR count). The van der Waals surface area contributed by atoms with Crippen LogP contribution in [0.1, 0.15) is 39.5 Å². The van der Waals surface area contributed by atoms with Crippen molar-refractivity contribution in [2.45, 2.75) is 45.1 Å². The Morgan fingerprint density at radius 2 is 2.10 bits per heavy atom. The monoisotopic (exact) mass is 310 g/mol. The van der Waals surface area contributed by atoms with Gasteiger partial charge in [0.2, 0.25) is 5.91 Å². The highest BCUT2D eigenvalue weighted by atomic mass is 35.5. The molecule has 0 spiro atoms. The van der Waals surface area contributed by atoms with E-state index in [1.165, 1.54) is 0 Å². The van der Waals surface area contributed by atoms with Crippen LogP contribution in [-0.4, -0.2) is 18.1 Å². The normalized spacial score (nSPS) is 17.0. The molecule has 0 bridgehead atoms. The lowest BCUT2D eigenvalue weighted by atomic mass is 9.98. The Bertz CT molecular complexity index is 511. The number of hydrogen-bond acceptors (Lipinski definition) is 3. The van der Waals surface area contributed by atoms with E-state index in [1.807, 2.05) is 0 Å². The van der Waals surface area contributed by atoms with E-state index in [-0.39, 0.29) is 5.91 Å². The number of rotatable bonds is 5. The highest BCUT2D eigenvalue weighted by Gasteiger charge is 2.36. The number of anilines is 1. The van der Waals surface area contributed by atoms with Crippen LogP contribution in [0.5, 0.6) is 5.75 Å². The van der Waals surface area contributed by atoms with Crippen LogP contribution >= 0.6 is 11.6 Å². The topological polar surface area (TPSA) is 64.3 Å². The van der Waals surface area contributed by atoms with Crippen LogP contribution in [0.4, 0.5) is 5.69 Å². The fraction of sp³-hybridized carbons (Fsp3) is 0.562. The summed E-state index contributed by atoms with van der Waals surface area (Å²) in [6.07, 6.45) is 3.49. The molecule has 1 aliphatic carbocycles. The first kappa shape index (κ1) is 16.1. The summed E-state index contributed by atoms with van der Waals surface area (Å²) in [7, 11) is 0. The number of amides is 1. The van der Waals surface area contributed by atoms with Crippen molar-refractivity contribution in [3.8, 4) is 5.75 Å². The van der Waals surface area contributed by atoms with Crippen LogP contribution in [0.25, 0.3) is 0 Å². The molecule has 1 amide bonds. The van der Waals surface area contributed by atoms with Crippen LogP contribution in [0.3, 0.4) is 0 Å². The van der Waals surface area contributed by atoms with Crippen molar-refractivity contribution in [3.63, 3.8) is 0 Å². The minimum absolute atomic E-state index is 0.132. The molecule has 5 heteroatoms. The number of hydrogen-bond donors (Lipinski definition) is 2. The average molecular weight is 311 g/mol. The van der Waals surface area contributed by atoms with Gasteiger partial charge in [-0.05, 0) is 37.0 Å². The Hall–Kier alpha value is -1.26. The maximum absolute atomic E-state index is 12.2. The Morgan fingerprint density at radius 1 is 1.43 bits per heavy atom. The van der Waals surface area contributed by atoms with Gasteiger partial charge in [-0.1, -0.05) is 38.3 Å². The second-order valence-electron chi connectivity index (χ2n) is 6.17. The quantitative estimate of drug-likeness (QED) is 0.873. The molecule has 0 aromatic heterocycles. The number of halogens is 1. The minimum atomic E-state index is -0.737. The molecule has 21 heavy (non-hydrogen) atoms. The average Bonchev–Trinajstić information content (AvgIpc) is 2.86. The molecule has 4 nitrogen and oxygen atoms in total. The number of nitrogens with one attached hydrogen (secondary N) is 1. The number of carbonyl (C=O) groups is 1. The fourth-order valence-electron chi connectivity index (χ4n) is 2.44. The highest BCUT2D eigenvalue weighted by molar-refractivity contribution is 6.32. The zero-order valence-electron chi connectivity index (χ0n) is 12.6. The van der Waals surface area contributed by atoms with Gasteiger partial charge in [0.25, 0.3) is 0 Å². The third kappa shape index (κ3) is 4.11. The van der Waals surface area contributed by atoms with Gasteiger partial charge in [0.15, 0.2) is 0 Å². The van der Waals surface area contributed by atoms with Gasteiger partial charge in [0.05, 0.1) is 17.2 Å². The van der Waals surface area contributed by atoms with E-state index in [4.69, 9.17) is 22.1 Å². The Balaban J connectivity index is 2.01. The maximum Gasteiger partial charge on any atom is 0.244 e. The summed E-state index contributed by atoms with van der Waals surface area (Å²) in [5.41, 5.74) is 6.04. The van der Waals surface area contributed by atoms with Crippen molar-refractivity contribution >= 4 is 23.2 Å². The van der Waals surface area contributed by atoms with Crippen LogP contribution < -0.4 is 15.8 Å². The highest BCUT2D eigenvalue weighted by Crippen LogP contribution is 2.31. The van der Waals surface area contributed by atoms with Gasteiger partial charge in [-0.25, -0.2) is 0 Å². The van der Waals surface area contributed by atoms with Gasteiger partial charge < -0.3 is 15.8 Å². The molecule has 1 fully saturated rings. The van der Waals surface area contributed by atoms with Crippen LogP contribution in [-0.2, 0) is 4.79 Å². The summed E-state index contributed by atoms with van der Waals surface area (Å²) in [6, 6.07) is 5.27. The zero-order valence-corrected chi connectivity index (χ0v) is 13.4. The smallest absolute Gasteiger partial charge is 0.244 e. The fourth-order valence-corrected chi connectivity index (χ4v) is 2.68. The third-order valence-corrected chi connectivity index (χ3v) is 4.01. The maximum atomic E-state index is 12.2. The number of nitrogens with two attached hydrogens (primary N) is 1. The molecule has 3 N–H and O–H groups in total. The summed E-state index contributed by atoms with van der Waals surface area (Å²) in [4.78, 5) is 12.2. The van der Waals surface area contributed by atoms with Crippen molar-refractivity contribution in [2.75, 3.05) is 11.9 Å². The van der Waals surface area contributed by atoms with Crippen molar-refractivity contribution in [2.24, 2.45) is 11.7 Å². The summed E-state index contributed by atoms with van der Waals surface area (Å²) in [5, 5.41) is 3.34. The Labute approximate surface area is 131 Å². The molecule has 0 unspecified atom stereocenters. The van der Waals surface area contributed by atoms with E-state index in [9.17, 15) is 4.79 Å². The van der Waals surface area contributed by atoms with Crippen molar-refractivity contribution < 1.29 is 9.53 Å². The Kier molecular flexibility index (Phi) is 5.12. The molecule has 0 saturated heterocycles. The molecule has 0 heterocycles. The minimum Gasteiger partial charge on any atom is -0.492 e. The first-order valence-electron chi connectivity index (χ1n) is 7.43. The first-order chi connectivity index (χ1) is 9.90. The lowest BCUT2D eigenvalue weighted by Gasteiger charge is -2.22. The van der Waals surface area contributed by atoms with Gasteiger partial charge in [-0.2, -0.15) is 0 Å². The second-order valence-corrected chi connectivity index (χ2v) is 6.57. The van der Waals surface area contributed by atoms with Gasteiger partial charge in [-0.15, -0.1) is 0 Å². The van der Waals surface area contributed by atoms with Crippen LogP contribution in [0.2, 0.25) is 5.02 Å². The molecule has 0 aliphatic heterocycles. The van der Waals surface area contributed by atoms with E-state index in [0.29, 0.717) is 29.0 Å². The lowest BCUT2D eigenvalue weighted by Crippen LogP contribution is -2.48. The van der Waals surface area contributed by atoms with E-state index in [0.717, 1.165) is 25.7 Å². The number of carbonyl (C=O) groups excluding carboxylic acids is 1. The zero-order chi connectivity index (χ0) is 15.5. The van der Waals surface area contributed by atoms with Crippen LogP contribution in [0.15, 0.2) is 18.2 Å². The first-order valence-corrected chi connectivity index (χ1v) is 7.81. The summed E-state index contributed by atoms with van der Waals surface area (Å²) >= 11 is 6.18. The number of ether oxygens (including phenoxy) is 1. The van der Waals surface area contributed by atoms with Gasteiger partial charge >= 0.3 is 0 Å². The molecular weight excluding hydrogens is 288 g/mol. The lowest BCUT2D eigenvalue weighted by molar-refractivity contribution is -0.121. The predicted octanol–water partition coefficient (Wildman–Crippen LogP) is 3.58. The van der Waals surface area contributed by atoms with Gasteiger partial charge in [-0.3, -0.25) is 4.79 Å². The van der Waals surface area contributed by atoms with E-state index < -0.39 is 5.54 Å². The van der Waals surface area contributed by atoms with E-state index in [1.54, 1.807) is 18.2 Å². The third-order valence-electron chi connectivity index (χ3n) is 3.71. The molecule has 0 atom stereocenters. The van der Waals surface area contributed by atoms with Crippen molar-refractivity contribution in [3.05, 3.63) is 23.2 Å². The molecule has 116 valence electrons. The molecular formula is C16H23ClN2O2. The molecule has 1 aromatic rings. The molecule has 1 saturated carbocycles. The summed E-state index contributed by atoms with van der Waals surface area (Å²) < 4.78 is 5.61. The summed E-state index contributed by atoms with van der Waals surface area (Å²) in [6.45, 7) is 4.76. The molecule has 0 radical (unpaired) electrons. The standard InChI is InChI=1S/C16H23ClN2O2/c1-11(2)10-21-14-6-5-12(9-13(14)17)19-15(20)16(18)7-3-4-8-16/h5-6,9,11H,3-4,7-8,10,18H2,1-2H3,(H,19,20). The van der Waals surface area contributed by atoms with Crippen molar-refractivity contribution in [1.82, 2.24) is 0 Å². The van der Waals surface area contributed by atoms with Gasteiger partial charge in [0.1, 0.15) is 5.75 Å². The van der Waals surface area contributed by atoms with Gasteiger partial charge in [0, 0.05) is 5.69 Å². The van der Waals surface area contributed by atoms with E-state index in [2.05, 4.69) is 19.2 Å². The SMILES string of the molecule is CC(C)COc1ccc(NC(=O)C2(N)CCCC2)cc1Cl. The number of benzene rings is 1. The molecule has 1 aromatic carbocycles. The largest absolute Gasteiger partial charge is 0.492 e. The summed E-state index contributed by atoms with van der Waals surface area (Å²) in [5.74, 6) is 0.929. The Morgan fingerprint density at radius 3 is 2.67 bits per heavy atom. The molecule has 1 aliphatic rings. The second kappa shape index (κ2) is 6.67. The van der Waals surface area contributed by atoms with E-state index >= 15 is 0 Å².